The van der Waals surface area contributed by atoms with Gasteiger partial charge >= 0.3 is 0 Å². The highest BCUT2D eigenvalue weighted by Gasteiger charge is 1.98. The molecule has 0 aliphatic heterocycles. The summed E-state index contributed by atoms with van der Waals surface area (Å²) in [5, 5.41) is 0.941. The van der Waals surface area contributed by atoms with Crippen molar-refractivity contribution in [1.82, 2.24) is 0 Å². The van der Waals surface area contributed by atoms with Crippen LogP contribution in [-0.2, 0) is 11.2 Å². The second kappa shape index (κ2) is 4.93. The van der Waals surface area contributed by atoms with Gasteiger partial charge in [-0.25, -0.2) is 0 Å². The third-order valence-corrected chi connectivity index (χ3v) is 2.69. The van der Waals surface area contributed by atoms with Crippen molar-refractivity contribution in [2.45, 2.75) is 19.3 Å². The second-order valence-corrected chi connectivity index (χ2v) is 3.61. The van der Waals surface area contributed by atoms with Crippen molar-refractivity contribution < 1.29 is 9.53 Å². The number of carbonyl (C=O) groups excluding carboxylic acids is 1. The van der Waals surface area contributed by atoms with Crippen molar-refractivity contribution >= 4 is 17.6 Å². The normalized spacial score (nSPS) is 9.75. The minimum Gasteiger partial charge on any atom is -0.487 e. The first-order valence-electron chi connectivity index (χ1n) is 3.93. The molecule has 66 valence electrons. The van der Waals surface area contributed by atoms with Crippen LogP contribution in [0.2, 0.25) is 0 Å². The van der Waals surface area contributed by atoms with E-state index in [-0.39, 0.29) is 0 Å². The van der Waals surface area contributed by atoms with Crippen LogP contribution in [0.5, 0.6) is 5.06 Å². The molecule has 0 aliphatic carbocycles. The van der Waals surface area contributed by atoms with E-state index in [1.54, 1.807) is 18.4 Å². The Morgan fingerprint density at radius 1 is 1.58 bits per heavy atom. The molecule has 2 nitrogen and oxygen atoms in total. The van der Waals surface area contributed by atoms with E-state index in [1.807, 2.05) is 12.1 Å². The zero-order valence-corrected chi connectivity index (χ0v) is 7.89. The lowest BCUT2D eigenvalue weighted by molar-refractivity contribution is -0.107. The molecule has 0 saturated carbocycles. The zero-order valence-electron chi connectivity index (χ0n) is 7.08. The number of hydrogen-bond donors (Lipinski definition) is 0. The third-order valence-electron chi connectivity index (χ3n) is 1.58. The fourth-order valence-corrected chi connectivity index (χ4v) is 1.82. The first-order chi connectivity index (χ1) is 5.86. The molecular formula is C9H12O2S. The Morgan fingerprint density at radius 2 is 2.42 bits per heavy atom. The van der Waals surface area contributed by atoms with E-state index in [0.29, 0.717) is 6.42 Å². The lowest BCUT2D eigenvalue weighted by Crippen LogP contribution is -1.80. The molecule has 0 fully saturated rings. The maximum atomic E-state index is 10.0. The number of hydrogen-bond acceptors (Lipinski definition) is 3. The van der Waals surface area contributed by atoms with Crippen molar-refractivity contribution in [2.24, 2.45) is 0 Å². The fraction of sp³-hybridized carbons (Fsp3) is 0.444. The standard InChI is InChI=1S/C9H12O2S/c1-11-9-6-5-8(12-9)4-2-3-7-10/h5-7H,2-4H2,1H3. The molecule has 12 heavy (non-hydrogen) atoms. The molecule has 1 heterocycles. The molecule has 0 bridgehead atoms. The topological polar surface area (TPSA) is 26.3 Å². The van der Waals surface area contributed by atoms with E-state index in [1.165, 1.54) is 4.88 Å². The van der Waals surface area contributed by atoms with Crippen LogP contribution in [0.4, 0.5) is 0 Å². The summed E-state index contributed by atoms with van der Waals surface area (Å²) in [5.41, 5.74) is 0. The zero-order chi connectivity index (χ0) is 8.81. The molecular weight excluding hydrogens is 172 g/mol. The van der Waals surface area contributed by atoms with Gasteiger partial charge in [0.2, 0.25) is 0 Å². The predicted octanol–water partition coefficient (Wildman–Crippen LogP) is 2.28. The summed E-state index contributed by atoms with van der Waals surface area (Å²) in [6.07, 6.45) is 3.53. The summed E-state index contributed by atoms with van der Waals surface area (Å²) in [7, 11) is 1.67. The van der Waals surface area contributed by atoms with Gasteiger partial charge in [0, 0.05) is 11.3 Å². The number of unbranched alkanes of at least 4 members (excludes halogenated alkanes) is 1. The van der Waals surface area contributed by atoms with Gasteiger partial charge in [-0.3, -0.25) is 0 Å². The molecule has 0 amide bonds. The molecule has 1 aromatic rings. The van der Waals surface area contributed by atoms with E-state index in [2.05, 4.69) is 0 Å². The largest absolute Gasteiger partial charge is 0.487 e. The van der Waals surface area contributed by atoms with Gasteiger partial charge in [-0.05, 0) is 25.0 Å². The van der Waals surface area contributed by atoms with Crippen LogP contribution in [0.25, 0.3) is 0 Å². The summed E-state index contributed by atoms with van der Waals surface area (Å²) in [4.78, 5) is 11.3. The smallest absolute Gasteiger partial charge is 0.173 e. The van der Waals surface area contributed by atoms with Gasteiger partial charge in [-0.2, -0.15) is 0 Å². The average Bonchev–Trinajstić information content (AvgIpc) is 2.53. The summed E-state index contributed by atoms with van der Waals surface area (Å²) >= 11 is 1.65. The molecule has 0 N–H and O–H groups in total. The maximum Gasteiger partial charge on any atom is 0.173 e. The lowest BCUT2D eigenvalue weighted by atomic mass is 10.2. The van der Waals surface area contributed by atoms with Gasteiger partial charge in [-0.1, -0.05) is 0 Å². The first-order valence-corrected chi connectivity index (χ1v) is 4.75. The highest BCUT2D eigenvalue weighted by atomic mass is 32.1. The molecule has 0 spiro atoms. The number of ether oxygens (including phenoxy) is 1. The Morgan fingerprint density at radius 3 is 3.00 bits per heavy atom. The number of aryl methyl sites for hydroxylation is 1. The molecule has 0 saturated heterocycles. The fourth-order valence-electron chi connectivity index (χ4n) is 0.962. The number of thiophene rings is 1. The summed E-state index contributed by atoms with van der Waals surface area (Å²) in [5.74, 6) is 0. The number of rotatable bonds is 5. The van der Waals surface area contributed by atoms with Gasteiger partial charge in [0.25, 0.3) is 0 Å². The van der Waals surface area contributed by atoms with Gasteiger partial charge in [0.1, 0.15) is 6.29 Å². The summed E-state index contributed by atoms with van der Waals surface area (Å²) in [6, 6.07) is 4.01. The van der Waals surface area contributed by atoms with Crippen LogP contribution in [0.1, 0.15) is 17.7 Å². The molecule has 1 rings (SSSR count). The van der Waals surface area contributed by atoms with E-state index in [4.69, 9.17) is 4.74 Å². The number of carbonyl (C=O) groups is 1. The minimum absolute atomic E-state index is 0.653. The van der Waals surface area contributed by atoms with Gasteiger partial charge in [-0.15, -0.1) is 11.3 Å². The van der Waals surface area contributed by atoms with Crippen LogP contribution in [0.3, 0.4) is 0 Å². The molecule has 0 atom stereocenters. The highest BCUT2D eigenvalue weighted by Crippen LogP contribution is 2.24. The SMILES string of the molecule is COc1ccc(CCCC=O)s1. The van der Waals surface area contributed by atoms with E-state index >= 15 is 0 Å². The van der Waals surface area contributed by atoms with Crippen LogP contribution < -0.4 is 4.74 Å². The highest BCUT2D eigenvalue weighted by molar-refractivity contribution is 7.13. The van der Waals surface area contributed by atoms with Gasteiger partial charge < -0.3 is 9.53 Å². The molecule has 1 aromatic heterocycles. The van der Waals surface area contributed by atoms with E-state index in [0.717, 1.165) is 24.2 Å². The van der Waals surface area contributed by atoms with Crippen LogP contribution in [0.15, 0.2) is 12.1 Å². The maximum absolute atomic E-state index is 10.0. The number of aldehydes is 1. The Hall–Kier alpha value is -0.830. The Bertz CT molecular complexity index is 242. The van der Waals surface area contributed by atoms with Gasteiger partial charge in [0.15, 0.2) is 5.06 Å². The molecule has 0 unspecified atom stereocenters. The molecule has 0 radical (unpaired) electrons. The second-order valence-electron chi connectivity index (χ2n) is 2.48. The number of methoxy groups -OCH3 is 1. The van der Waals surface area contributed by atoms with Crippen LogP contribution in [-0.4, -0.2) is 13.4 Å². The van der Waals surface area contributed by atoms with Crippen molar-refractivity contribution in [3.05, 3.63) is 17.0 Å². The van der Waals surface area contributed by atoms with E-state index in [9.17, 15) is 4.79 Å². The van der Waals surface area contributed by atoms with Crippen molar-refractivity contribution in [3.8, 4) is 5.06 Å². The Labute approximate surface area is 76.2 Å². The first kappa shape index (κ1) is 9.26. The summed E-state index contributed by atoms with van der Waals surface area (Å²) < 4.78 is 5.05. The Kier molecular flexibility index (Phi) is 3.80. The molecule has 3 heteroatoms. The molecule has 0 aliphatic rings. The van der Waals surface area contributed by atoms with Crippen LogP contribution in [0, 0.1) is 0 Å². The van der Waals surface area contributed by atoms with Crippen LogP contribution >= 0.6 is 11.3 Å². The monoisotopic (exact) mass is 184 g/mol. The van der Waals surface area contributed by atoms with Crippen molar-refractivity contribution in [1.29, 1.82) is 0 Å². The van der Waals surface area contributed by atoms with Crippen molar-refractivity contribution in [2.75, 3.05) is 7.11 Å². The van der Waals surface area contributed by atoms with E-state index < -0.39 is 0 Å². The average molecular weight is 184 g/mol. The lowest BCUT2D eigenvalue weighted by Gasteiger charge is -1.92. The van der Waals surface area contributed by atoms with Crippen molar-refractivity contribution in [3.63, 3.8) is 0 Å². The quantitative estimate of drug-likeness (QED) is 0.518. The summed E-state index contributed by atoms with van der Waals surface area (Å²) in [6.45, 7) is 0. The molecule has 0 aromatic carbocycles. The predicted molar refractivity (Wildman–Crippen MR) is 49.9 cm³/mol. The Balaban J connectivity index is 2.36. The minimum atomic E-state index is 0.653. The van der Waals surface area contributed by atoms with Gasteiger partial charge in [0.05, 0.1) is 7.11 Å². The third kappa shape index (κ3) is 2.66.